The number of methoxy groups -OCH3 is 2. The largest absolute Gasteiger partial charge is 0.465 e. The highest BCUT2D eigenvalue weighted by molar-refractivity contribution is 6.03. The minimum atomic E-state index is -0.580. The molecule has 0 bridgehead atoms. The Labute approximate surface area is 151 Å². The van der Waals surface area contributed by atoms with Crippen LogP contribution in [-0.2, 0) is 16.0 Å². The summed E-state index contributed by atoms with van der Waals surface area (Å²) in [6, 6.07) is 21.0. The van der Waals surface area contributed by atoms with E-state index < -0.39 is 11.9 Å². The Hall–Kier alpha value is -3.34. The number of benzene rings is 2. The molecule has 0 saturated heterocycles. The second-order valence-electron chi connectivity index (χ2n) is 5.71. The predicted octanol–water partition coefficient (Wildman–Crippen LogP) is 3.78. The smallest absolute Gasteiger partial charge is 0.355 e. The summed E-state index contributed by atoms with van der Waals surface area (Å²) >= 11 is 0. The van der Waals surface area contributed by atoms with Crippen LogP contribution < -0.4 is 0 Å². The molecule has 0 radical (unpaired) electrons. The topological polar surface area (TPSA) is 57.5 Å². The number of rotatable bonds is 5. The summed E-state index contributed by atoms with van der Waals surface area (Å²) in [5.41, 5.74) is 3.01. The molecule has 0 amide bonds. The van der Waals surface area contributed by atoms with Crippen LogP contribution in [0.3, 0.4) is 0 Å². The highest BCUT2D eigenvalue weighted by Crippen LogP contribution is 2.28. The molecular formula is C21H19NO4. The van der Waals surface area contributed by atoms with E-state index >= 15 is 0 Å². The van der Waals surface area contributed by atoms with Crippen molar-refractivity contribution in [1.29, 1.82) is 0 Å². The Kier molecular flexibility index (Phi) is 5.17. The first kappa shape index (κ1) is 17.5. The van der Waals surface area contributed by atoms with Crippen LogP contribution >= 0.6 is 0 Å². The fourth-order valence-corrected chi connectivity index (χ4v) is 2.91. The van der Waals surface area contributed by atoms with Gasteiger partial charge in [0.1, 0.15) is 5.69 Å². The number of aromatic nitrogens is 1. The molecule has 0 aliphatic heterocycles. The Morgan fingerprint density at radius 3 is 2.00 bits per heavy atom. The highest BCUT2D eigenvalue weighted by atomic mass is 16.5. The predicted molar refractivity (Wildman–Crippen MR) is 98.1 cm³/mol. The molecule has 2 aromatic carbocycles. The number of carbonyl (C=O) groups is 2. The van der Waals surface area contributed by atoms with Crippen LogP contribution in [0.15, 0.2) is 66.7 Å². The van der Waals surface area contributed by atoms with Crippen LogP contribution in [0.1, 0.15) is 26.4 Å². The molecule has 26 heavy (non-hydrogen) atoms. The number of hydrogen-bond donors (Lipinski definition) is 0. The van der Waals surface area contributed by atoms with Crippen LogP contribution in [0.5, 0.6) is 0 Å². The molecule has 0 saturated carbocycles. The van der Waals surface area contributed by atoms with Gasteiger partial charge in [0.05, 0.1) is 19.8 Å². The van der Waals surface area contributed by atoms with Gasteiger partial charge in [-0.2, -0.15) is 0 Å². The zero-order valence-corrected chi connectivity index (χ0v) is 14.6. The van der Waals surface area contributed by atoms with Gasteiger partial charge in [0.25, 0.3) is 0 Å². The first-order valence-corrected chi connectivity index (χ1v) is 8.15. The van der Waals surface area contributed by atoms with Crippen molar-refractivity contribution in [2.75, 3.05) is 14.2 Å². The Morgan fingerprint density at radius 2 is 1.42 bits per heavy atom. The van der Waals surface area contributed by atoms with E-state index in [4.69, 9.17) is 9.47 Å². The number of nitrogens with zero attached hydrogens (tertiary/aromatic N) is 1. The number of ether oxygens (including phenoxy) is 2. The van der Waals surface area contributed by atoms with Gasteiger partial charge in [-0.3, -0.25) is 0 Å². The molecule has 0 aliphatic carbocycles. The lowest BCUT2D eigenvalue weighted by Crippen LogP contribution is -2.16. The number of carbonyl (C=O) groups excluding carboxylic acids is 2. The third kappa shape index (κ3) is 3.37. The normalized spacial score (nSPS) is 10.4. The molecule has 0 fully saturated rings. The molecule has 0 atom stereocenters. The summed E-state index contributed by atoms with van der Waals surface area (Å²) in [5.74, 6) is -1.15. The van der Waals surface area contributed by atoms with E-state index in [0.717, 1.165) is 16.8 Å². The average molecular weight is 349 g/mol. The van der Waals surface area contributed by atoms with Crippen LogP contribution in [-0.4, -0.2) is 30.7 Å². The SMILES string of the molecule is COC(=O)c1cc(-c2ccccc2)n(Cc2ccccc2)c1C(=O)OC. The first-order valence-electron chi connectivity index (χ1n) is 8.15. The van der Waals surface area contributed by atoms with E-state index in [0.29, 0.717) is 6.54 Å². The zero-order chi connectivity index (χ0) is 18.5. The van der Waals surface area contributed by atoms with E-state index in [-0.39, 0.29) is 11.3 Å². The average Bonchev–Trinajstić information content (AvgIpc) is 3.07. The van der Waals surface area contributed by atoms with E-state index in [1.807, 2.05) is 60.7 Å². The summed E-state index contributed by atoms with van der Waals surface area (Å²) in [4.78, 5) is 24.7. The van der Waals surface area contributed by atoms with Gasteiger partial charge in [-0.1, -0.05) is 60.7 Å². The number of hydrogen-bond acceptors (Lipinski definition) is 4. The second-order valence-corrected chi connectivity index (χ2v) is 5.71. The lowest BCUT2D eigenvalue weighted by Gasteiger charge is -2.13. The monoisotopic (exact) mass is 349 g/mol. The van der Waals surface area contributed by atoms with Crippen molar-refractivity contribution < 1.29 is 19.1 Å². The van der Waals surface area contributed by atoms with Crippen LogP contribution in [0.4, 0.5) is 0 Å². The van der Waals surface area contributed by atoms with Crippen molar-refractivity contribution in [3.8, 4) is 11.3 Å². The molecule has 0 N–H and O–H groups in total. The van der Waals surface area contributed by atoms with E-state index in [2.05, 4.69) is 0 Å². The molecule has 5 nitrogen and oxygen atoms in total. The van der Waals surface area contributed by atoms with Crippen molar-refractivity contribution in [2.45, 2.75) is 6.54 Å². The van der Waals surface area contributed by atoms with Crippen molar-refractivity contribution >= 4 is 11.9 Å². The summed E-state index contributed by atoms with van der Waals surface area (Å²) in [6.07, 6.45) is 0. The number of esters is 2. The van der Waals surface area contributed by atoms with Gasteiger partial charge in [-0.15, -0.1) is 0 Å². The van der Waals surface area contributed by atoms with E-state index in [1.165, 1.54) is 14.2 Å². The summed E-state index contributed by atoms with van der Waals surface area (Å²) in [7, 11) is 2.59. The third-order valence-electron chi connectivity index (χ3n) is 4.13. The van der Waals surface area contributed by atoms with Crippen molar-refractivity contribution in [3.05, 3.63) is 83.6 Å². The van der Waals surface area contributed by atoms with Crippen molar-refractivity contribution in [1.82, 2.24) is 4.57 Å². The zero-order valence-electron chi connectivity index (χ0n) is 14.6. The van der Waals surface area contributed by atoms with E-state index in [9.17, 15) is 9.59 Å². The van der Waals surface area contributed by atoms with Gasteiger partial charge in [0, 0.05) is 12.2 Å². The maximum Gasteiger partial charge on any atom is 0.355 e. The van der Waals surface area contributed by atoms with Crippen LogP contribution in [0.2, 0.25) is 0 Å². The third-order valence-corrected chi connectivity index (χ3v) is 4.13. The molecule has 1 heterocycles. The molecular weight excluding hydrogens is 330 g/mol. The first-order chi connectivity index (χ1) is 12.7. The Balaban J connectivity index is 2.24. The molecule has 3 rings (SSSR count). The lowest BCUT2D eigenvalue weighted by molar-refractivity contribution is 0.0547. The van der Waals surface area contributed by atoms with Gasteiger partial charge in [0.15, 0.2) is 0 Å². The highest BCUT2D eigenvalue weighted by Gasteiger charge is 2.27. The molecule has 0 unspecified atom stereocenters. The fourth-order valence-electron chi connectivity index (χ4n) is 2.91. The fraction of sp³-hybridized carbons (Fsp3) is 0.143. The molecule has 0 spiro atoms. The Morgan fingerprint density at radius 1 is 0.846 bits per heavy atom. The summed E-state index contributed by atoms with van der Waals surface area (Å²) in [6.45, 7) is 0.423. The molecule has 132 valence electrons. The quantitative estimate of drug-likeness (QED) is 0.658. The molecule has 3 aromatic rings. The van der Waals surface area contributed by atoms with Gasteiger partial charge in [-0.05, 0) is 17.2 Å². The molecule has 1 aromatic heterocycles. The van der Waals surface area contributed by atoms with Crippen molar-refractivity contribution in [2.24, 2.45) is 0 Å². The van der Waals surface area contributed by atoms with Crippen molar-refractivity contribution in [3.63, 3.8) is 0 Å². The van der Waals surface area contributed by atoms with Gasteiger partial charge in [0.2, 0.25) is 0 Å². The van der Waals surface area contributed by atoms with Gasteiger partial charge < -0.3 is 14.0 Å². The standard InChI is InChI=1S/C21H19NO4/c1-25-20(23)17-13-18(16-11-7-4-8-12-16)22(19(17)21(24)26-2)14-15-9-5-3-6-10-15/h3-13H,14H2,1-2H3. The maximum absolute atomic E-state index is 12.5. The minimum absolute atomic E-state index is 0.182. The lowest BCUT2D eigenvalue weighted by atomic mass is 10.1. The second kappa shape index (κ2) is 7.70. The van der Waals surface area contributed by atoms with Gasteiger partial charge >= 0.3 is 11.9 Å². The molecule has 5 heteroatoms. The Bertz CT molecular complexity index is 914. The van der Waals surface area contributed by atoms with Gasteiger partial charge in [-0.25, -0.2) is 9.59 Å². The minimum Gasteiger partial charge on any atom is -0.465 e. The molecule has 0 aliphatic rings. The summed E-state index contributed by atoms with van der Waals surface area (Å²) in [5, 5.41) is 0. The van der Waals surface area contributed by atoms with E-state index in [1.54, 1.807) is 10.6 Å². The maximum atomic E-state index is 12.5. The summed E-state index contributed by atoms with van der Waals surface area (Å²) < 4.78 is 11.6. The van der Waals surface area contributed by atoms with Crippen LogP contribution in [0.25, 0.3) is 11.3 Å². The van der Waals surface area contributed by atoms with Crippen LogP contribution in [0, 0.1) is 0 Å².